The summed E-state index contributed by atoms with van der Waals surface area (Å²) in [6.45, 7) is 1.35. The van der Waals surface area contributed by atoms with Gasteiger partial charge in [-0.25, -0.2) is 8.42 Å². The Balaban J connectivity index is 0.00000338. The molecular formula is C17H26ClN3O4S. The van der Waals surface area contributed by atoms with Crippen molar-refractivity contribution >= 4 is 34.1 Å². The summed E-state index contributed by atoms with van der Waals surface area (Å²) < 4.78 is 24.5. The summed E-state index contributed by atoms with van der Waals surface area (Å²) in [5, 5.41) is 3.19. The molecule has 1 fully saturated rings. The number of rotatable bonds is 5. The Bertz CT molecular complexity index is 735. The smallest absolute Gasteiger partial charge is 0.253 e. The molecule has 7 nitrogen and oxygen atoms in total. The van der Waals surface area contributed by atoms with Crippen LogP contribution >= 0.6 is 12.4 Å². The largest absolute Gasteiger partial charge is 0.348 e. The molecule has 1 saturated heterocycles. The summed E-state index contributed by atoms with van der Waals surface area (Å²) in [6.07, 6.45) is 1.98. The van der Waals surface area contributed by atoms with E-state index in [1.165, 1.54) is 43.3 Å². The molecule has 0 bridgehead atoms. The summed E-state index contributed by atoms with van der Waals surface area (Å²) in [4.78, 5) is 27.3. The Morgan fingerprint density at radius 3 is 2.38 bits per heavy atom. The zero-order chi connectivity index (χ0) is 18.6. The summed E-state index contributed by atoms with van der Waals surface area (Å²) >= 11 is 0. The fourth-order valence-corrected chi connectivity index (χ4v) is 4.06. The number of hydrogen-bond donors (Lipinski definition) is 1. The van der Waals surface area contributed by atoms with E-state index in [-0.39, 0.29) is 29.3 Å². The highest BCUT2D eigenvalue weighted by molar-refractivity contribution is 7.92. The van der Waals surface area contributed by atoms with Gasteiger partial charge in [-0.15, -0.1) is 12.4 Å². The predicted molar refractivity (Wildman–Crippen MR) is 102 cm³/mol. The van der Waals surface area contributed by atoms with E-state index in [9.17, 15) is 18.0 Å². The van der Waals surface area contributed by atoms with E-state index >= 15 is 0 Å². The minimum atomic E-state index is -3.71. The van der Waals surface area contributed by atoms with Crippen molar-refractivity contribution in [1.82, 2.24) is 15.1 Å². The number of piperidine rings is 1. The van der Waals surface area contributed by atoms with Crippen molar-refractivity contribution < 1.29 is 18.0 Å². The Hall–Kier alpha value is -1.64. The van der Waals surface area contributed by atoms with E-state index in [4.69, 9.17) is 0 Å². The van der Waals surface area contributed by atoms with E-state index in [2.05, 4.69) is 5.32 Å². The lowest BCUT2D eigenvalue weighted by Gasteiger charge is -2.32. The molecule has 1 atom stereocenters. The number of halogens is 1. The maximum atomic E-state index is 12.6. The Morgan fingerprint density at radius 1 is 1.23 bits per heavy atom. The summed E-state index contributed by atoms with van der Waals surface area (Å²) in [6, 6.07) is 6.10. The van der Waals surface area contributed by atoms with Crippen molar-refractivity contribution in [3.8, 4) is 0 Å². The van der Waals surface area contributed by atoms with E-state index in [1.807, 2.05) is 7.05 Å². The summed E-state index contributed by atoms with van der Waals surface area (Å²) in [7, 11) is 1.19. The molecule has 1 aromatic rings. The number of nitrogens with zero attached hydrogens (tertiary/aromatic N) is 2. The number of benzene rings is 1. The van der Waals surface area contributed by atoms with Crippen LogP contribution < -0.4 is 5.32 Å². The minimum absolute atomic E-state index is 0. The van der Waals surface area contributed by atoms with Gasteiger partial charge in [-0.1, -0.05) is 0 Å². The van der Waals surface area contributed by atoms with Gasteiger partial charge in [0.15, 0.2) is 9.84 Å². The Kier molecular flexibility index (Phi) is 8.05. The first-order valence-electron chi connectivity index (χ1n) is 8.24. The van der Waals surface area contributed by atoms with Crippen LogP contribution in [0.5, 0.6) is 0 Å². The average Bonchev–Trinajstić information content (AvgIpc) is 2.60. The first kappa shape index (κ1) is 22.4. The summed E-state index contributed by atoms with van der Waals surface area (Å²) in [5.41, 5.74) is 0.453. The van der Waals surface area contributed by atoms with Crippen LogP contribution in [0.15, 0.2) is 29.2 Å². The molecule has 1 aliphatic rings. The highest BCUT2D eigenvalue weighted by atomic mass is 35.5. The molecule has 9 heteroatoms. The third kappa shape index (κ3) is 5.43. The van der Waals surface area contributed by atoms with Gasteiger partial charge in [0.25, 0.3) is 5.91 Å². The number of sulfone groups is 1. The first-order valence-corrected chi connectivity index (χ1v) is 9.89. The lowest BCUT2D eigenvalue weighted by atomic mass is 10.0. The Morgan fingerprint density at radius 2 is 1.85 bits per heavy atom. The third-order valence-electron chi connectivity index (χ3n) is 4.39. The normalized spacial score (nSPS) is 17.3. The standard InChI is InChI=1S/C17H25N3O4S.ClH/c1-18-14-5-4-10-20(11-14)17(22)13-6-8-15(9-7-13)25(23,24)12-16(21)19(2)3;/h6-9,14,18H,4-5,10-12H2,1-3H3;1H. The number of likely N-dealkylation sites (N-methyl/N-ethyl adjacent to an activating group) is 1. The van der Waals surface area contributed by atoms with Crippen LogP contribution in [0, 0.1) is 0 Å². The third-order valence-corrected chi connectivity index (χ3v) is 6.01. The maximum Gasteiger partial charge on any atom is 0.253 e. The number of likely N-dealkylation sites (tertiary alicyclic amines) is 1. The van der Waals surface area contributed by atoms with E-state index in [1.54, 1.807) is 4.90 Å². The Labute approximate surface area is 161 Å². The number of carbonyl (C=O) groups is 2. The van der Waals surface area contributed by atoms with Crippen molar-refractivity contribution in [1.29, 1.82) is 0 Å². The van der Waals surface area contributed by atoms with E-state index < -0.39 is 21.5 Å². The zero-order valence-corrected chi connectivity index (χ0v) is 16.9. The van der Waals surface area contributed by atoms with E-state index in [0.717, 1.165) is 12.8 Å². The second-order valence-corrected chi connectivity index (χ2v) is 8.44. The molecule has 0 spiro atoms. The molecule has 1 N–H and O–H groups in total. The molecule has 1 heterocycles. The van der Waals surface area contributed by atoms with Gasteiger partial charge in [0, 0.05) is 38.8 Å². The average molecular weight is 404 g/mol. The van der Waals surface area contributed by atoms with Gasteiger partial charge in [0.2, 0.25) is 5.91 Å². The number of nitrogens with one attached hydrogen (secondary N) is 1. The highest BCUT2D eigenvalue weighted by Crippen LogP contribution is 2.17. The lowest BCUT2D eigenvalue weighted by Crippen LogP contribution is -2.46. The summed E-state index contributed by atoms with van der Waals surface area (Å²) in [5.74, 6) is -1.16. The molecule has 26 heavy (non-hydrogen) atoms. The van der Waals surface area contributed by atoms with Gasteiger partial charge in [-0.3, -0.25) is 9.59 Å². The SMILES string of the molecule is CNC1CCCN(C(=O)c2ccc(S(=O)(=O)CC(=O)N(C)C)cc2)C1.Cl. The predicted octanol–water partition coefficient (Wildman–Crippen LogP) is 0.794. The molecule has 0 radical (unpaired) electrons. The van der Waals surface area contributed by atoms with Crippen LogP contribution in [0.3, 0.4) is 0 Å². The molecule has 0 saturated carbocycles. The van der Waals surface area contributed by atoms with Crippen LogP contribution in [-0.2, 0) is 14.6 Å². The van der Waals surface area contributed by atoms with Gasteiger partial charge in [0.1, 0.15) is 5.75 Å². The van der Waals surface area contributed by atoms with Crippen LogP contribution in [0.4, 0.5) is 0 Å². The van der Waals surface area contributed by atoms with Crippen molar-refractivity contribution in [3.63, 3.8) is 0 Å². The topological polar surface area (TPSA) is 86.8 Å². The molecule has 1 aliphatic heterocycles. The van der Waals surface area contributed by atoms with Crippen molar-refractivity contribution in [2.24, 2.45) is 0 Å². The molecule has 1 aromatic carbocycles. The monoisotopic (exact) mass is 403 g/mol. The fraction of sp³-hybridized carbons (Fsp3) is 0.529. The molecule has 2 amide bonds. The second-order valence-electron chi connectivity index (χ2n) is 6.45. The number of carbonyl (C=O) groups excluding carboxylic acids is 2. The fourth-order valence-electron chi connectivity index (χ4n) is 2.76. The van der Waals surface area contributed by atoms with Crippen molar-refractivity contribution in [2.45, 2.75) is 23.8 Å². The number of amides is 2. The lowest BCUT2D eigenvalue weighted by molar-refractivity contribution is -0.125. The van der Waals surface area contributed by atoms with Crippen LogP contribution in [0.2, 0.25) is 0 Å². The highest BCUT2D eigenvalue weighted by Gasteiger charge is 2.25. The van der Waals surface area contributed by atoms with Gasteiger partial charge in [-0.05, 0) is 44.2 Å². The molecular weight excluding hydrogens is 378 g/mol. The zero-order valence-electron chi connectivity index (χ0n) is 15.3. The minimum Gasteiger partial charge on any atom is -0.348 e. The first-order chi connectivity index (χ1) is 11.7. The molecule has 0 aliphatic carbocycles. The molecule has 0 aromatic heterocycles. The van der Waals surface area contributed by atoms with Gasteiger partial charge >= 0.3 is 0 Å². The second kappa shape index (κ2) is 9.34. The van der Waals surface area contributed by atoms with Crippen LogP contribution in [-0.4, -0.2) is 76.1 Å². The van der Waals surface area contributed by atoms with Crippen molar-refractivity contribution in [2.75, 3.05) is 40.0 Å². The van der Waals surface area contributed by atoms with Gasteiger partial charge in [0.05, 0.1) is 4.90 Å². The maximum absolute atomic E-state index is 12.6. The number of hydrogen-bond acceptors (Lipinski definition) is 5. The molecule has 146 valence electrons. The van der Waals surface area contributed by atoms with E-state index in [0.29, 0.717) is 18.7 Å². The van der Waals surface area contributed by atoms with Crippen LogP contribution in [0.25, 0.3) is 0 Å². The van der Waals surface area contributed by atoms with Crippen molar-refractivity contribution in [3.05, 3.63) is 29.8 Å². The molecule has 1 unspecified atom stereocenters. The van der Waals surface area contributed by atoms with Crippen LogP contribution in [0.1, 0.15) is 23.2 Å². The quantitative estimate of drug-likeness (QED) is 0.785. The van der Waals surface area contributed by atoms with Gasteiger partial charge in [-0.2, -0.15) is 0 Å². The van der Waals surface area contributed by atoms with Gasteiger partial charge < -0.3 is 15.1 Å². The molecule has 2 rings (SSSR count).